The van der Waals surface area contributed by atoms with Crippen LogP contribution in [-0.4, -0.2) is 22.9 Å². The molecule has 1 fully saturated rings. The van der Waals surface area contributed by atoms with Crippen molar-refractivity contribution in [2.75, 3.05) is 0 Å². The Hall–Kier alpha value is -1.78. The van der Waals surface area contributed by atoms with E-state index in [1.165, 1.54) is 6.26 Å². The second-order valence-electron chi connectivity index (χ2n) is 3.73. The van der Waals surface area contributed by atoms with Gasteiger partial charge in [-0.1, -0.05) is 5.16 Å². The van der Waals surface area contributed by atoms with E-state index in [0.29, 0.717) is 0 Å². The summed E-state index contributed by atoms with van der Waals surface area (Å²) in [6.07, 6.45) is 5.56. The molecule has 1 aromatic heterocycles. The van der Waals surface area contributed by atoms with Crippen LogP contribution in [0.5, 0.6) is 0 Å². The smallest absolute Gasteiger partial charge is 0.361 e. The molecule has 86 valence electrons. The molecule has 0 amide bonds. The van der Waals surface area contributed by atoms with E-state index in [1.807, 2.05) is 0 Å². The van der Waals surface area contributed by atoms with E-state index in [-0.39, 0.29) is 17.6 Å². The van der Waals surface area contributed by atoms with E-state index in [1.54, 1.807) is 12.1 Å². The van der Waals surface area contributed by atoms with Crippen LogP contribution in [0, 0.1) is 0 Å². The predicted molar refractivity (Wildman–Crippen MR) is 56.2 cm³/mol. The normalized spacial score (nSPS) is 17.6. The number of carboxylic acids is 1. The molecule has 2 rings (SSSR count). The molecule has 5 nitrogen and oxygen atoms in total. The first kappa shape index (κ1) is 10.7. The molecular formula is C11H13NO4. The van der Waals surface area contributed by atoms with Crippen molar-refractivity contribution in [1.29, 1.82) is 0 Å². The standard InChI is InChI=1S/C11H13NO4/c13-11(14)10(9-6-3-7-15-9)12-16-8-4-1-2-5-8/h3,6-8H,1-2,4-5H2,(H,13,14). The highest BCUT2D eigenvalue weighted by Gasteiger charge is 2.20. The summed E-state index contributed by atoms with van der Waals surface area (Å²) in [7, 11) is 0. The quantitative estimate of drug-likeness (QED) is 0.626. The monoisotopic (exact) mass is 223 g/mol. The van der Waals surface area contributed by atoms with Crippen molar-refractivity contribution in [2.24, 2.45) is 5.16 Å². The molecule has 16 heavy (non-hydrogen) atoms. The topological polar surface area (TPSA) is 72.0 Å². The zero-order valence-corrected chi connectivity index (χ0v) is 8.76. The van der Waals surface area contributed by atoms with Gasteiger partial charge in [-0.15, -0.1) is 0 Å². The molecule has 0 bridgehead atoms. The first-order valence-corrected chi connectivity index (χ1v) is 5.28. The number of rotatable bonds is 4. The Bertz CT molecular complexity index is 377. The minimum absolute atomic E-state index is 0.0457. The van der Waals surface area contributed by atoms with Gasteiger partial charge in [-0.05, 0) is 37.8 Å². The minimum atomic E-state index is -1.15. The number of hydrogen-bond donors (Lipinski definition) is 1. The largest absolute Gasteiger partial charge is 0.476 e. The van der Waals surface area contributed by atoms with E-state index < -0.39 is 5.97 Å². The van der Waals surface area contributed by atoms with Gasteiger partial charge in [0.1, 0.15) is 6.10 Å². The molecule has 0 aliphatic heterocycles. The Balaban J connectivity index is 2.07. The lowest BCUT2D eigenvalue weighted by Crippen LogP contribution is -2.16. The molecule has 1 heterocycles. The maximum Gasteiger partial charge on any atom is 0.361 e. The van der Waals surface area contributed by atoms with E-state index in [4.69, 9.17) is 14.4 Å². The van der Waals surface area contributed by atoms with E-state index >= 15 is 0 Å². The molecular weight excluding hydrogens is 210 g/mol. The Morgan fingerprint density at radius 3 is 2.81 bits per heavy atom. The molecule has 0 radical (unpaired) electrons. The number of carboxylic acid groups (broad SMARTS) is 1. The van der Waals surface area contributed by atoms with Crippen LogP contribution >= 0.6 is 0 Å². The first-order chi connectivity index (χ1) is 7.77. The number of aliphatic carboxylic acids is 1. The minimum Gasteiger partial charge on any atom is -0.476 e. The van der Waals surface area contributed by atoms with Crippen molar-refractivity contribution >= 4 is 11.7 Å². The first-order valence-electron chi connectivity index (χ1n) is 5.28. The fourth-order valence-corrected chi connectivity index (χ4v) is 1.72. The maximum atomic E-state index is 10.9. The Morgan fingerprint density at radius 1 is 1.50 bits per heavy atom. The van der Waals surface area contributed by atoms with E-state index in [9.17, 15) is 4.79 Å². The van der Waals surface area contributed by atoms with Crippen molar-refractivity contribution in [3.63, 3.8) is 0 Å². The fraction of sp³-hybridized carbons (Fsp3) is 0.455. The van der Waals surface area contributed by atoms with Gasteiger partial charge in [0, 0.05) is 0 Å². The predicted octanol–water partition coefficient (Wildman–Crippen LogP) is 2.03. The lowest BCUT2D eigenvalue weighted by molar-refractivity contribution is -0.129. The van der Waals surface area contributed by atoms with Crippen LogP contribution < -0.4 is 0 Å². The summed E-state index contributed by atoms with van der Waals surface area (Å²) in [5, 5.41) is 12.6. The average molecular weight is 223 g/mol. The molecule has 1 aliphatic rings. The van der Waals surface area contributed by atoms with Gasteiger partial charge in [-0.25, -0.2) is 4.79 Å². The van der Waals surface area contributed by atoms with Gasteiger partial charge in [0.15, 0.2) is 5.76 Å². The lowest BCUT2D eigenvalue weighted by atomic mass is 10.3. The molecule has 0 spiro atoms. The molecule has 1 aromatic rings. The van der Waals surface area contributed by atoms with Crippen LogP contribution in [0.3, 0.4) is 0 Å². The highest BCUT2D eigenvalue weighted by Crippen LogP contribution is 2.21. The number of carbonyl (C=O) groups is 1. The van der Waals surface area contributed by atoms with Crippen LogP contribution in [0.2, 0.25) is 0 Å². The summed E-state index contributed by atoms with van der Waals surface area (Å²) in [5.74, 6) is -0.932. The molecule has 1 saturated carbocycles. The highest BCUT2D eigenvalue weighted by molar-refractivity contribution is 6.41. The zero-order valence-electron chi connectivity index (χ0n) is 8.76. The third-order valence-electron chi connectivity index (χ3n) is 2.55. The van der Waals surface area contributed by atoms with Crippen LogP contribution in [0.4, 0.5) is 0 Å². The maximum absolute atomic E-state index is 10.9. The molecule has 0 unspecified atom stereocenters. The van der Waals surface area contributed by atoms with Crippen molar-refractivity contribution < 1.29 is 19.2 Å². The van der Waals surface area contributed by atoms with Crippen LogP contribution in [0.1, 0.15) is 31.4 Å². The van der Waals surface area contributed by atoms with Gasteiger partial charge in [0.25, 0.3) is 0 Å². The second kappa shape index (κ2) is 4.83. The number of furan rings is 1. The molecule has 0 aromatic carbocycles. The Labute approximate surface area is 92.7 Å². The third kappa shape index (κ3) is 2.42. The van der Waals surface area contributed by atoms with Crippen LogP contribution in [0.25, 0.3) is 0 Å². The molecule has 0 saturated heterocycles. The summed E-state index contributed by atoms with van der Waals surface area (Å²) >= 11 is 0. The van der Waals surface area contributed by atoms with Gasteiger partial charge in [0.05, 0.1) is 6.26 Å². The Morgan fingerprint density at radius 2 is 2.25 bits per heavy atom. The summed E-state index contributed by atoms with van der Waals surface area (Å²) in [5.41, 5.74) is -0.183. The molecule has 5 heteroatoms. The summed E-state index contributed by atoms with van der Waals surface area (Å²) in [4.78, 5) is 16.1. The van der Waals surface area contributed by atoms with Crippen molar-refractivity contribution in [2.45, 2.75) is 31.8 Å². The fourth-order valence-electron chi connectivity index (χ4n) is 1.72. The van der Waals surface area contributed by atoms with Crippen molar-refractivity contribution in [1.82, 2.24) is 0 Å². The zero-order chi connectivity index (χ0) is 11.4. The SMILES string of the molecule is O=C(O)C(=NOC1CCCC1)c1ccco1. The number of hydrogen-bond acceptors (Lipinski definition) is 4. The van der Waals surface area contributed by atoms with E-state index in [0.717, 1.165) is 25.7 Å². The molecule has 1 aliphatic carbocycles. The lowest BCUT2D eigenvalue weighted by Gasteiger charge is -2.06. The average Bonchev–Trinajstić information content (AvgIpc) is 2.88. The van der Waals surface area contributed by atoms with E-state index in [2.05, 4.69) is 5.16 Å². The van der Waals surface area contributed by atoms with Crippen LogP contribution in [-0.2, 0) is 9.63 Å². The summed E-state index contributed by atoms with van der Waals surface area (Å²) < 4.78 is 4.98. The van der Waals surface area contributed by atoms with Crippen LogP contribution in [0.15, 0.2) is 28.0 Å². The molecule has 0 atom stereocenters. The van der Waals surface area contributed by atoms with Gasteiger partial charge in [0.2, 0.25) is 5.71 Å². The van der Waals surface area contributed by atoms with Gasteiger partial charge in [-0.3, -0.25) is 0 Å². The molecule has 1 N–H and O–H groups in total. The van der Waals surface area contributed by atoms with Crippen molar-refractivity contribution in [3.05, 3.63) is 24.2 Å². The summed E-state index contributed by atoms with van der Waals surface area (Å²) in [6, 6.07) is 3.16. The van der Waals surface area contributed by atoms with Crippen molar-refractivity contribution in [3.8, 4) is 0 Å². The van der Waals surface area contributed by atoms with Gasteiger partial charge >= 0.3 is 5.97 Å². The van der Waals surface area contributed by atoms with Gasteiger partial charge < -0.3 is 14.4 Å². The number of oxime groups is 1. The second-order valence-corrected chi connectivity index (χ2v) is 3.73. The van der Waals surface area contributed by atoms with Gasteiger partial charge in [-0.2, -0.15) is 0 Å². The summed E-state index contributed by atoms with van der Waals surface area (Å²) in [6.45, 7) is 0. The highest BCUT2D eigenvalue weighted by atomic mass is 16.6. The third-order valence-corrected chi connectivity index (χ3v) is 2.55. The Kier molecular flexibility index (Phi) is 3.24. The number of nitrogens with zero attached hydrogens (tertiary/aromatic N) is 1.